The lowest BCUT2D eigenvalue weighted by Crippen LogP contribution is -2.59. The summed E-state index contributed by atoms with van der Waals surface area (Å²) in [4.78, 5) is 43.1. The Kier molecular flexibility index (Phi) is 7.88. The van der Waals surface area contributed by atoms with Crippen molar-refractivity contribution >= 4 is 29.7 Å². The minimum atomic E-state index is -1.40. The number of hydrogen-bond acceptors (Lipinski definition) is 7. The molecule has 0 saturated heterocycles. The van der Waals surface area contributed by atoms with Crippen LogP contribution in [0.15, 0.2) is 53.8 Å². The van der Waals surface area contributed by atoms with Gasteiger partial charge in [-0.3, -0.25) is 0 Å². The van der Waals surface area contributed by atoms with Gasteiger partial charge in [0.05, 0.1) is 18.2 Å². The van der Waals surface area contributed by atoms with Gasteiger partial charge in [0.2, 0.25) is 5.84 Å². The second-order valence-corrected chi connectivity index (χ2v) is 10.1. The molecule has 1 aliphatic rings. The highest BCUT2D eigenvalue weighted by molar-refractivity contribution is 6.10. The van der Waals surface area contributed by atoms with E-state index < -0.39 is 28.2 Å². The van der Waals surface area contributed by atoms with Crippen LogP contribution in [0.25, 0.3) is 0 Å². The molecule has 37 heavy (non-hydrogen) atoms. The first-order valence-corrected chi connectivity index (χ1v) is 11.9. The number of amides is 2. The van der Waals surface area contributed by atoms with Gasteiger partial charge in [0, 0.05) is 25.7 Å². The van der Waals surface area contributed by atoms with Crippen LogP contribution in [0.2, 0.25) is 0 Å². The molecule has 2 aromatic rings. The Morgan fingerprint density at radius 2 is 1.62 bits per heavy atom. The van der Waals surface area contributed by atoms with Crippen molar-refractivity contribution in [2.75, 3.05) is 13.6 Å². The average Bonchev–Trinajstić information content (AvgIpc) is 3.21. The van der Waals surface area contributed by atoms with E-state index in [1.165, 1.54) is 29.4 Å². The van der Waals surface area contributed by atoms with Crippen molar-refractivity contribution in [2.24, 2.45) is 4.99 Å². The molecule has 3 rings (SSSR count). The number of carbonyl (C=O) groups excluding carboxylic acids is 3. The van der Waals surface area contributed by atoms with Crippen LogP contribution in [0.3, 0.4) is 0 Å². The smallest absolute Gasteiger partial charge is 0.410 e. The standard InChI is InChI=1S/C28H33N3O6/c1-18-16-19(2)24(20(3)17-18)25(32)36-22-10-8-21(9-11-22)31(27(34)35)15-13-29-23(31)12-14-30(7)26(33)37-28(4,5)6/h8-11,13,15-17H,12,14H2,1-7H3. The Hall–Kier alpha value is -3.98. The van der Waals surface area contributed by atoms with Gasteiger partial charge in [0.25, 0.3) is 6.09 Å². The zero-order valence-electron chi connectivity index (χ0n) is 22.3. The van der Waals surface area contributed by atoms with E-state index in [9.17, 15) is 19.5 Å². The summed E-state index contributed by atoms with van der Waals surface area (Å²) in [6.45, 7) is 11.2. The number of ether oxygens (including phenoxy) is 2. The third-order valence-corrected chi connectivity index (χ3v) is 5.92. The second-order valence-electron chi connectivity index (χ2n) is 10.1. The topological polar surface area (TPSA) is 108 Å². The molecule has 196 valence electrons. The fourth-order valence-corrected chi connectivity index (χ4v) is 4.25. The van der Waals surface area contributed by atoms with E-state index in [1.807, 2.05) is 32.9 Å². The number of rotatable bonds is 6. The number of quaternary nitrogens is 1. The minimum absolute atomic E-state index is 0.166. The van der Waals surface area contributed by atoms with Gasteiger partial charge in [-0.25, -0.2) is 14.6 Å². The summed E-state index contributed by atoms with van der Waals surface area (Å²) in [5.74, 6) is 0.0575. The van der Waals surface area contributed by atoms with Gasteiger partial charge < -0.3 is 24.3 Å². The van der Waals surface area contributed by atoms with Crippen LogP contribution >= 0.6 is 0 Å². The van der Waals surface area contributed by atoms with E-state index in [1.54, 1.807) is 40.0 Å². The quantitative estimate of drug-likeness (QED) is 0.321. The lowest BCUT2D eigenvalue weighted by atomic mass is 10.00. The summed E-state index contributed by atoms with van der Waals surface area (Å²) in [6.07, 6.45) is 1.05. The van der Waals surface area contributed by atoms with Crippen molar-refractivity contribution in [1.82, 2.24) is 9.38 Å². The molecule has 1 atom stereocenters. The minimum Gasteiger partial charge on any atom is -0.497 e. The first kappa shape index (κ1) is 27.6. The average molecular weight is 508 g/mol. The van der Waals surface area contributed by atoms with E-state index >= 15 is 0 Å². The van der Waals surface area contributed by atoms with E-state index in [0.717, 1.165) is 16.7 Å². The summed E-state index contributed by atoms with van der Waals surface area (Å²) in [5, 5.41) is 12.4. The summed E-state index contributed by atoms with van der Waals surface area (Å²) >= 11 is 0. The number of benzene rings is 2. The van der Waals surface area contributed by atoms with Crippen LogP contribution in [-0.4, -0.2) is 48.1 Å². The van der Waals surface area contributed by atoms with E-state index in [4.69, 9.17) is 9.47 Å². The van der Waals surface area contributed by atoms with E-state index in [2.05, 4.69) is 4.99 Å². The molecule has 0 aliphatic carbocycles. The number of esters is 1. The number of amidine groups is 1. The van der Waals surface area contributed by atoms with E-state index in [0.29, 0.717) is 11.3 Å². The summed E-state index contributed by atoms with van der Waals surface area (Å²) in [5.41, 5.74) is 2.89. The first-order valence-electron chi connectivity index (χ1n) is 11.9. The Bertz CT molecular complexity index is 1250. The molecule has 1 aliphatic heterocycles. The summed E-state index contributed by atoms with van der Waals surface area (Å²) in [6, 6.07) is 10.0. The molecule has 9 nitrogen and oxygen atoms in total. The van der Waals surface area contributed by atoms with Gasteiger partial charge in [-0.1, -0.05) is 17.7 Å². The van der Waals surface area contributed by atoms with Crippen LogP contribution in [0, 0.1) is 20.8 Å². The Balaban J connectivity index is 1.78. The predicted octanol–water partition coefficient (Wildman–Crippen LogP) is 4.62. The van der Waals surface area contributed by atoms with E-state index in [-0.39, 0.29) is 24.6 Å². The second kappa shape index (κ2) is 10.6. The molecular formula is C28H33N3O6. The Morgan fingerprint density at radius 3 is 2.16 bits per heavy atom. The summed E-state index contributed by atoms with van der Waals surface area (Å²) < 4.78 is 10.2. The number of carbonyl (C=O) groups is 3. The molecule has 0 bridgehead atoms. The maximum atomic E-state index is 12.8. The normalized spacial score (nSPS) is 16.8. The highest BCUT2D eigenvalue weighted by Crippen LogP contribution is 2.32. The maximum Gasteiger partial charge on any atom is 0.410 e. The molecule has 0 spiro atoms. The molecule has 0 fully saturated rings. The molecule has 0 N–H and O–H groups in total. The van der Waals surface area contributed by atoms with Crippen LogP contribution in [0.5, 0.6) is 5.75 Å². The third-order valence-electron chi connectivity index (χ3n) is 5.92. The van der Waals surface area contributed by atoms with Gasteiger partial charge in [-0.05, 0) is 64.8 Å². The fourth-order valence-electron chi connectivity index (χ4n) is 4.25. The third kappa shape index (κ3) is 6.06. The lowest BCUT2D eigenvalue weighted by Gasteiger charge is -2.32. The first-order chi connectivity index (χ1) is 17.2. The van der Waals surface area contributed by atoms with Gasteiger partial charge in [0.15, 0.2) is 0 Å². The number of nitrogens with zero attached hydrogens (tertiary/aromatic N) is 3. The molecule has 2 aromatic carbocycles. The molecule has 0 radical (unpaired) electrons. The molecule has 1 unspecified atom stereocenters. The van der Waals surface area contributed by atoms with Gasteiger partial charge in [-0.15, -0.1) is 0 Å². The zero-order chi connectivity index (χ0) is 27.5. The van der Waals surface area contributed by atoms with Crippen molar-refractivity contribution in [2.45, 2.75) is 53.6 Å². The van der Waals surface area contributed by atoms with Crippen LogP contribution in [0.1, 0.15) is 54.2 Å². The Labute approximate surface area is 217 Å². The highest BCUT2D eigenvalue weighted by atomic mass is 16.6. The zero-order valence-corrected chi connectivity index (χ0v) is 22.3. The maximum absolute atomic E-state index is 12.8. The van der Waals surface area contributed by atoms with Crippen molar-refractivity contribution in [1.29, 1.82) is 0 Å². The monoisotopic (exact) mass is 507 g/mol. The number of carboxylic acid groups (broad SMARTS) is 1. The molecular weight excluding hydrogens is 474 g/mol. The molecule has 0 saturated carbocycles. The highest BCUT2D eigenvalue weighted by Gasteiger charge is 2.41. The molecule has 2 amide bonds. The van der Waals surface area contributed by atoms with Gasteiger partial charge in [-0.2, -0.15) is 4.48 Å². The van der Waals surface area contributed by atoms with Crippen LogP contribution in [-0.2, 0) is 4.74 Å². The molecule has 0 aromatic heterocycles. The SMILES string of the molecule is Cc1cc(C)c(C(=O)Oc2ccc([N+]3(C(=O)[O-])C=CN=C3CCN(C)C(=O)OC(C)(C)C)cc2)c(C)c1. The van der Waals surface area contributed by atoms with Gasteiger partial charge in [0.1, 0.15) is 23.2 Å². The van der Waals surface area contributed by atoms with Crippen LogP contribution < -0.4 is 14.3 Å². The van der Waals surface area contributed by atoms with Crippen molar-refractivity contribution < 1.29 is 29.0 Å². The van der Waals surface area contributed by atoms with Crippen molar-refractivity contribution in [3.63, 3.8) is 0 Å². The van der Waals surface area contributed by atoms with Crippen LogP contribution in [0.4, 0.5) is 15.3 Å². The number of aryl methyl sites for hydroxylation is 3. The fraction of sp³-hybridized carbons (Fsp3) is 0.357. The lowest BCUT2D eigenvalue weighted by molar-refractivity contribution is -0.257. The largest absolute Gasteiger partial charge is 0.497 e. The summed E-state index contributed by atoms with van der Waals surface area (Å²) in [7, 11) is 1.57. The number of aliphatic imine (C=N–C) groups is 1. The molecule has 1 heterocycles. The predicted molar refractivity (Wildman–Crippen MR) is 139 cm³/mol. The molecule has 9 heteroatoms. The Morgan fingerprint density at radius 1 is 1.03 bits per heavy atom. The van der Waals surface area contributed by atoms with Gasteiger partial charge >= 0.3 is 12.1 Å². The van der Waals surface area contributed by atoms with Crippen molar-refractivity contribution in [3.8, 4) is 5.75 Å². The number of hydrogen-bond donors (Lipinski definition) is 0. The van der Waals surface area contributed by atoms with Crippen molar-refractivity contribution in [3.05, 3.63) is 71.1 Å².